The highest BCUT2D eigenvalue weighted by Gasteiger charge is 2.55. The predicted octanol–water partition coefficient (Wildman–Crippen LogP) is 10.8. The third-order valence-corrected chi connectivity index (χ3v) is 19.3. The molecular formula is C53H33NSSi. The molecule has 4 aliphatic heterocycles. The Hall–Kier alpha value is -6.39. The molecule has 0 radical (unpaired) electrons. The van der Waals surface area contributed by atoms with Crippen LogP contribution in [0.5, 0.6) is 0 Å². The number of rotatable bonds is 1. The van der Waals surface area contributed by atoms with Gasteiger partial charge in [0.15, 0.2) is 8.07 Å². The van der Waals surface area contributed by atoms with Gasteiger partial charge in [-0.1, -0.05) is 176 Å². The molecular weight excluding hydrogens is 711 g/mol. The van der Waals surface area contributed by atoms with Crippen LogP contribution < -0.4 is 25.6 Å². The van der Waals surface area contributed by atoms with Gasteiger partial charge in [-0.05, 0) is 112 Å². The van der Waals surface area contributed by atoms with Crippen molar-refractivity contribution in [3.63, 3.8) is 0 Å². The minimum absolute atomic E-state index is 0.465. The average molecular weight is 744 g/mol. The SMILES string of the molecule is c1ccc2c(c1)Sc1ccccc1C21c2ccccc2N(c2ccc3c(c2)[Si]2(c4ccccc4-3)c3ccccc3-c3ccc4ccccc4c32)c2ccccc21. The Kier molecular flexibility index (Phi) is 6.12. The molecule has 1 atom stereocenters. The van der Waals surface area contributed by atoms with Crippen molar-refractivity contribution >= 4 is 68.4 Å². The Bertz CT molecular complexity index is 3060. The van der Waals surface area contributed by atoms with E-state index in [1.54, 1.807) is 0 Å². The van der Waals surface area contributed by atoms with E-state index in [1.807, 2.05) is 11.8 Å². The fraction of sp³-hybridized carbons (Fsp3) is 0.0189. The maximum atomic E-state index is 2.60. The number of hydrogen-bond acceptors (Lipinski definition) is 2. The number of anilines is 3. The summed E-state index contributed by atoms with van der Waals surface area (Å²) in [7, 11) is -2.76. The number of nitrogens with zero attached hydrogens (tertiary/aromatic N) is 1. The zero-order chi connectivity index (χ0) is 36.6. The van der Waals surface area contributed by atoms with Gasteiger partial charge in [-0.15, -0.1) is 0 Å². The Morgan fingerprint density at radius 1 is 0.393 bits per heavy atom. The van der Waals surface area contributed by atoms with Crippen molar-refractivity contribution in [3.05, 3.63) is 222 Å². The molecule has 1 nitrogen and oxygen atoms in total. The van der Waals surface area contributed by atoms with Crippen LogP contribution in [0.4, 0.5) is 17.1 Å². The minimum Gasteiger partial charge on any atom is -0.310 e. The van der Waals surface area contributed by atoms with Crippen molar-refractivity contribution in [2.24, 2.45) is 0 Å². The molecule has 0 aromatic heterocycles. The Labute approximate surface area is 331 Å². The third-order valence-electron chi connectivity index (χ3n) is 13.1. The highest BCUT2D eigenvalue weighted by atomic mass is 32.2. The van der Waals surface area contributed by atoms with Gasteiger partial charge in [0.1, 0.15) is 0 Å². The zero-order valence-electron chi connectivity index (χ0n) is 30.4. The second-order valence-corrected chi connectivity index (χ2v) is 20.2. The summed E-state index contributed by atoms with van der Waals surface area (Å²) >= 11 is 1.90. The molecule has 56 heavy (non-hydrogen) atoms. The summed E-state index contributed by atoms with van der Waals surface area (Å²) < 4.78 is 0. The van der Waals surface area contributed by atoms with Crippen LogP contribution in [0, 0.1) is 0 Å². The summed E-state index contributed by atoms with van der Waals surface area (Å²) in [5.74, 6) is 0. The van der Waals surface area contributed by atoms with Crippen LogP contribution in [0.2, 0.25) is 0 Å². The van der Waals surface area contributed by atoms with Gasteiger partial charge in [-0.2, -0.15) is 0 Å². The molecule has 9 aromatic rings. The van der Waals surface area contributed by atoms with Gasteiger partial charge in [-0.3, -0.25) is 0 Å². The van der Waals surface area contributed by atoms with E-state index in [2.05, 4.69) is 205 Å². The zero-order valence-corrected chi connectivity index (χ0v) is 32.2. The van der Waals surface area contributed by atoms with Crippen LogP contribution in [0.1, 0.15) is 22.3 Å². The Morgan fingerprint density at radius 2 is 0.893 bits per heavy atom. The third kappa shape index (κ3) is 3.64. The first-order valence-corrected chi connectivity index (χ1v) is 22.3. The molecule has 0 fully saturated rings. The second-order valence-electron chi connectivity index (χ2n) is 15.5. The number of benzene rings is 9. The Balaban J connectivity index is 1.13. The molecule has 0 aliphatic carbocycles. The maximum Gasteiger partial charge on any atom is 0.182 e. The van der Waals surface area contributed by atoms with Crippen LogP contribution in [-0.4, -0.2) is 8.07 Å². The quantitative estimate of drug-likeness (QED) is 0.154. The van der Waals surface area contributed by atoms with Crippen LogP contribution in [-0.2, 0) is 5.41 Å². The smallest absolute Gasteiger partial charge is 0.182 e. The number of para-hydroxylation sites is 2. The van der Waals surface area contributed by atoms with E-state index < -0.39 is 13.5 Å². The van der Waals surface area contributed by atoms with Crippen molar-refractivity contribution in [3.8, 4) is 22.3 Å². The second kappa shape index (κ2) is 11.1. The first-order chi connectivity index (χ1) is 27.8. The van der Waals surface area contributed by atoms with E-state index in [0.717, 1.165) is 0 Å². The highest BCUT2D eigenvalue weighted by molar-refractivity contribution is 7.99. The first kappa shape index (κ1) is 30.9. The molecule has 0 saturated carbocycles. The summed E-state index contributed by atoms with van der Waals surface area (Å²) in [6.45, 7) is 0. The lowest BCUT2D eigenvalue weighted by Gasteiger charge is -2.49. The van der Waals surface area contributed by atoms with E-state index in [-0.39, 0.29) is 0 Å². The highest BCUT2D eigenvalue weighted by Crippen LogP contribution is 2.62. The Morgan fingerprint density at radius 3 is 1.57 bits per heavy atom. The van der Waals surface area contributed by atoms with Crippen molar-refractivity contribution in [1.82, 2.24) is 0 Å². The van der Waals surface area contributed by atoms with Crippen LogP contribution in [0.3, 0.4) is 0 Å². The molecule has 2 spiro atoms. The van der Waals surface area contributed by atoms with E-state index in [0.29, 0.717) is 0 Å². The van der Waals surface area contributed by atoms with Gasteiger partial charge in [-0.25, -0.2) is 0 Å². The lowest BCUT2D eigenvalue weighted by Crippen LogP contribution is -2.71. The molecule has 4 heterocycles. The maximum absolute atomic E-state index is 2.76. The minimum atomic E-state index is -2.76. The average Bonchev–Trinajstić information content (AvgIpc) is 3.73. The molecule has 0 saturated heterocycles. The number of fused-ring (bicyclic) bond motifs is 20. The van der Waals surface area contributed by atoms with E-state index >= 15 is 0 Å². The van der Waals surface area contributed by atoms with Gasteiger partial charge in [0.05, 0.1) is 16.8 Å². The van der Waals surface area contributed by atoms with Gasteiger partial charge >= 0.3 is 0 Å². The summed E-state index contributed by atoms with van der Waals surface area (Å²) in [5.41, 5.74) is 14.1. The van der Waals surface area contributed by atoms with E-state index in [1.165, 1.54) is 103 Å². The van der Waals surface area contributed by atoms with E-state index in [9.17, 15) is 0 Å². The largest absolute Gasteiger partial charge is 0.310 e. The molecule has 13 rings (SSSR count). The molecule has 1 unspecified atom stereocenters. The van der Waals surface area contributed by atoms with Crippen molar-refractivity contribution in [2.75, 3.05) is 4.90 Å². The van der Waals surface area contributed by atoms with Gasteiger partial charge in [0.2, 0.25) is 0 Å². The lowest BCUT2D eigenvalue weighted by atomic mass is 9.62. The normalized spacial score (nSPS) is 17.0. The van der Waals surface area contributed by atoms with Crippen LogP contribution in [0.25, 0.3) is 33.0 Å². The standard InChI is InChI=1S/C53H33NSSi/c1-2-16-36-34(15-1)29-31-40-38-18-4-14-28-50(38)56(52(36)40)49-27-13-3-17-37(49)39-32-30-35(33-51(39)56)54-45-23-9-5-19-41(45)53(42-20-6-10-24-46(42)54)43-21-7-11-25-47(43)55-48-26-12-8-22-44(48)53/h1-33H. The molecule has 9 aromatic carbocycles. The molecule has 3 heteroatoms. The van der Waals surface area contributed by atoms with Gasteiger partial charge < -0.3 is 4.90 Å². The monoisotopic (exact) mass is 743 g/mol. The fourth-order valence-electron chi connectivity index (χ4n) is 11.1. The van der Waals surface area contributed by atoms with Gasteiger partial charge in [0.25, 0.3) is 0 Å². The first-order valence-electron chi connectivity index (χ1n) is 19.5. The number of hydrogen-bond donors (Lipinski definition) is 0. The molecule has 4 aliphatic rings. The molecule has 260 valence electrons. The van der Waals surface area contributed by atoms with Crippen molar-refractivity contribution in [1.29, 1.82) is 0 Å². The van der Waals surface area contributed by atoms with Crippen molar-refractivity contribution < 1.29 is 0 Å². The molecule has 0 amide bonds. The van der Waals surface area contributed by atoms with Crippen LogP contribution in [0.15, 0.2) is 210 Å². The predicted molar refractivity (Wildman–Crippen MR) is 236 cm³/mol. The summed E-state index contributed by atoms with van der Waals surface area (Å²) in [5, 5.41) is 8.71. The fourth-order valence-corrected chi connectivity index (χ4v) is 18.2. The summed E-state index contributed by atoms with van der Waals surface area (Å²) in [4.78, 5) is 5.20. The topological polar surface area (TPSA) is 3.24 Å². The summed E-state index contributed by atoms with van der Waals surface area (Å²) in [6.07, 6.45) is 0. The molecule has 0 N–H and O–H groups in total. The van der Waals surface area contributed by atoms with Crippen LogP contribution >= 0.6 is 11.8 Å². The molecule has 0 bridgehead atoms. The van der Waals surface area contributed by atoms with Crippen molar-refractivity contribution in [2.45, 2.75) is 15.2 Å². The lowest BCUT2D eigenvalue weighted by molar-refractivity contribution is 0.692. The van der Waals surface area contributed by atoms with E-state index in [4.69, 9.17) is 0 Å². The van der Waals surface area contributed by atoms with Gasteiger partial charge in [0, 0.05) is 15.5 Å². The summed E-state index contributed by atoms with van der Waals surface area (Å²) in [6, 6.07) is 76.3.